The van der Waals surface area contributed by atoms with E-state index in [9.17, 15) is 4.79 Å². The number of carbonyl (C=O) groups is 1. The fraction of sp³-hybridized carbons (Fsp3) is 0.471. The van der Waals surface area contributed by atoms with Crippen LogP contribution in [0.3, 0.4) is 0 Å². The summed E-state index contributed by atoms with van der Waals surface area (Å²) in [6, 6.07) is 1.99. The molecule has 2 aromatic heterocycles. The van der Waals surface area contributed by atoms with Crippen molar-refractivity contribution in [2.24, 2.45) is 5.92 Å². The van der Waals surface area contributed by atoms with Gasteiger partial charge in [-0.3, -0.25) is 4.79 Å². The van der Waals surface area contributed by atoms with Gasteiger partial charge in [-0.1, -0.05) is 12.2 Å². The van der Waals surface area contributed by atoms with E-state index in [1.807, 2.05) is 28.6 Å². The maximum atomic E-state index is 12.7. The Bertz CT molecular complexity index is 761. The van der Waals surface area contributed by atoms with Crippen molar-refractivity contribution < 1.29 is 4.79 Å². The van der Waals surface area contributed by atoms with Crippen LogP contribution >= 0.6 is 0 Å². The van der Waals surface area contributed by atoms with Gasteiger partial charge in [0.15, 0.2) is 5.65 Å². The molecular weight excluding hydrogens is 276 g/mol. The van der Waals surface area contributed by atoms with Gasteiger partial charge in [0.2, 0.25) is 5.91 Å². The Morgan fingerprint density at radius 1 is 1.36 bits per heavy atom. The maximum Gasteiger partial charge on any atom is 0.226 e. The highest BCUT2D eigenvalue weighted by atomic mass is 16.2. The Labute approximate surface area is 129 Å². The molecule has 1 amide bonds. The van der Waals surface area contributed by atoms with E-state index in [4.69, 9.17) is 0 Å². The zero-order valence-electron chi connectivity index (χ0n) is 12.8. The van der Waals surface area contributed by atoms with E-state index in [0.717, 1.165) is 49.1 Å². The molecule has 0 N–H and O–H groups in total. The average molecular weight is 296 g/mol. The summed E-state index contributed by atoms with van der Waals surface area (Å²) in [5.41, 5.74) is 4.20. The highest BCUT2D eigenvalue weighted by molar-refractivity contribution is 5.79. The predicted octanol–water partition coefficient (Wildman–Crippen LogP) is 2.28. The second kappa shape index (κ2) is 5.23. The number of hydrogen-bond acceptors (Lipinski definition) is 3. The Kier molecular flexibility index (Phi) is 3.21. The first kappa shape index (κ1) is 13.5. The number of amides is 1. The van der Waals surface area contributed by atoms with E-state index in [1.165, 1.54) is 5.69 Å². The lowest BCUT2D eigenvalue weighted by atomic mass is 9.92. The van der Waals surface area contributed by atoms with Crippen LogP contribution in [-0.4, -0.2) is 31.9 Å². The molecule has 5 heteroatoms. The van der Waals surface area contributed by atoms with Gasteiger partial charge in [-0.25, -0.2) is 9.50 Å². The lowest BCUT2D eigenvalue weighted by Gasteiger charge is -2.32. The van der Waals surface area contributed by atoms with E-state index in [1.54, 1.807) is 0 Å². The third-order valence-electron chi connectivity index (χ3n) is 4.70. The molecule has 3 heterocycles. The number of aryl methyl sites for hydroxylation is 1. The fourth-order valence-corrected chi connectivity index (χ4v) is 3.52. The van der Waals surface area contributed by atoms with E-state index in [0.29, 0.717) is 12.5 Å². The second-order valence-electron chi connectivity index (χ2n) is 6.28. The van der Waals surface area contributed by atoms with Crippen LogP contribution in [0.5, 0.6) is 0 Å². The SMILES string of the molecule is Cc1cc2ncc3c(n2n1)CCN(C(=O)C1CC=CCC1)C3. The lowest BCUT2D eigenvalue weighted by molar-refractivity contribution is -0.136. The Balaban J connectivity index is 1.60. The van der Waals surface area contributed by atoms with Gasteiger partial charge in [0, 0.05) is 43.3 Å². The van der Waals surface area contributed by atoms with E-state index in [-0.39, 0.29) is 5.92 Å². The zero-order valence-corrected chi connectivity index (χ0v) is 12.8. The topological polar surface area (TPSA) is 50.5 Å². The van der Waals surface area contributed by atoms with Gasteiger partial charge in [-0.15, -0.1) is 0 Å². The first-order valence-corrected chi connectivity index (χ1v) is 7.99. The lowest BCUT2D eigenvalue weighted by Crippen LogP contribution is -2.40. The summed E-state index contributed by atoms with van der Waals surface area (Å²) in [4.78, 5) is 19.1. The maximum absolute atomic E-state index is 12.7. The average Bonchev–Trinajstić information content (AvgIpc) is 2.95. The molecule has 0 saturated heterocycles. The summed E-state index contributed by atoms with van der Waals surface area (Å²) in [5, 5.41) is 4.53. The van der Waals surface area contributed by atoms with Crippen molar-refractivity contribution >= 4 is 11.6 Å². The van der Waals surface area contributed by atoms with Crippen LogP contribution in [0.4, 0.5) is 0 Å². The molecule has 1 aliphatic carbocycles. The van der Waals surface area contributed by atoms with Crippen LogP contribution in [0.15, 0.2) is 24.4 Å². The molecule has 1 atom stereocenters. The van der Waals surface area contributed by atoms with Crippen LogP contribution in [0, 0.1) is 12.8 Å². The van der Waals surface area contributed by atoms with Gasteiger partial charge in [-0.05, 0) is 26.2 Å². The van der Waals surface area contributed by atoms with Crippen molar-refractivity contribution in [3.63, 3.8) is 0 Å². The molecule has 0 saturated carbocycles. The van der Waals surface area contributed by atoms with Crippen LogP contribution in [0.25, 0.3) is 5.65 Å². The van der Waals surface area contributed by atoms with E-state index >= 15 is 0 Å². The third-order valence-corrected chi connectivity index (χ3v) is 4.70. The molecular formula is C17H20N4O. The monoisotopic (exact) mass is 296 g/mol. The number of allylic oxidation sites excluding steroid dienone is 2. The van der Waals surface area contributed by atoms with Crippen molar-refractivity contribution in [2.75, 3.05) is 6.54 Å². The number of fused-ring (bicyclic) bond motifs is 3. The molecule has 1 unspecified atom stereocenters. The molecule has 0 aromatic carbocycles. The molecule has 2 aliphatic rings. The summed E-state index contributed by atoms with van der Waals surface area (Å²) < 4.78 is 1.94. The minimum Gasteiger partial charge on any atom is -0.338 e. The molecule has 0 fully saturated rings. The van der Waals surface area contributed by atoms with Crippen LogP contribution in [-0.2, 0) is 17.8 Å². The highest BCUT2D eigenvalue weighted by Gasteiger charge is 2.28. The standard InChI is InChI=1S/C17H20N4O/c1-12-9-16-18-10-14-11-20(8-7-15(14)21(16)19-12)17(22)13-5-3-2-4-6-13/h2-3,9-10,13H,4-8,11H2,1H3. The van der Waals surface area contributed by atoms with Crippen molar-refractivity contribution in [1.29, 1.82) is 0 Å². The van der Waals surface area contributed by atoms with Gasteiger partial charge >= 0.3 is 0 Å². The second-order valence-corrected chi connectivity index (χ2v) is 6.28. The van der Waals surface area contributed by atoms with Crippen LogP contribution < -0.4 is 0 Å². The Morgan fingerprint density at radius 3 is 3.09 bits per heavy atom. The Morgan fingerprint density at radius 2 is 2.27 bits per heavy atom. The predicted molar refractivity (Wildman–Crippen MR) is 83.3 cm³/mol. The molecule has 5 nitrogen and oxygen atoms in total. The minimum atomic E-state index is 0.162. The first-order valence-electron chi connectivity index (χ1n) is 7.99. The van der Waals surface area contributed by atoms with Crippen molar-refractivity contribution in [3.05, 3.63) is 41.4 Å². The van der Waals surface area contributed by atoms with Crippen LogP contribution in [0.2, 0.25) is 0 Å². The first-order chi connectivity index (χ1) is 10.7. The molecule has 2 aromatic rings. The summed E-state index contributed by atoms with van der Waals surface area (Å²) in [5.74, 6) is 0.460. The highest BCUT2D eigenvalue weighted by Crippen LogP contribution is 2.25. The number of carbonyl (C=O) groups excluding carboxylic acids is 1. The number of nitrogens with zero attached hydrogens (tertiary/aromatic N) is 4. The smallest absolute Gasteiger partial charge is 0.226 e. The third kappa shape index (κ3) is 2.21. The van der Waals surface area contributed by atoms with E-state index in [2.05, 4.69) is 22.2 Å². The summed E-state index contributed by atoms with van der Waals surface area (Å²) >= 11 is 0. The minimum absolute atomic E-state index is 0.162. The van der Waals surface area contributed by atoms with Crippen molar-refractivity contribution in [2.45, 2.75) is 39.2 Å². The molecule has 4 rings (SSSR count). The molecule has 0 radical (unpaired) electrons. The molecule has 22 heavy (non-hydrogen) atoms. The molecule has 0 spiro atoms. The summed E-state index contributed by atoms with van der Waals surface area (Å²) in [6.07, 6.45) is 9.97. The van der Waals surface area contributed by atoms with Crippen molar-refractivity contribution in [3.8, 4) is 0 Å². The van der Waals surface area contributed by atoms with E-state index < -0.39 is 0 Å². The van der Waals surface area contributed by atoms with Crippen LogP contribution in [0.1, 0.15) is 36.2 Å². The largest absolute Gasteiger partial charge is 0.338 e. The van der Waals surface area contributed by atoms with Gasteiger partial charge < -0.3 is 4.90 Å². The Hall–Kier alpha value is -2.17. The van der Waals surface area contributed by atoms with Gasteiger partial charge in [0.25, 0.3) is 0 Å². The quantitative estimate of drug-likeness (QED) is 0.759. The number of rotatable bonds is 1. The number of aromatic nitrogens is 3. The normalized spacial score (nSPS) is 21.1. The summed E-state index contributed by atoms with van der Waals surface area (Å²) in [7, 11) is 0. The van der Waals surface area contributed by atoms with Gasteiger partial charge in [0.05, 0.1) is 11.4 Å². The molecule has 1 aliphatic heterocycles. The van der Waals surface area contributed by atoms with Gasteiger partial charge in [-0.2, -0.15) is 5.10 Å². The zero-order chi connectivity index (χ0) is 15.1. The molecule has 0 bridgehead atoms. The summed E-state index contributed by atoms with van der Waals surface area (Å²) in [6.45, 7) is 3.43. The fourth-order valence-electron chi connectivity index (χ4n) is 3.52. The number of hydrogen-bond donors (Lipinski definition) is 0. The van der Waals surface area contributed by atoms with Gasteiger partial charge in [0.1, 0.15) is 0 Å². The van der Waals surface area contributed by atoms with Crippen molar-refractivity contribution in [1.82, 2.24) is 19.5 Å². The molecule has 114 valence electrons.